The fraction of sp³-hybridized carbons (Fsp3) is 0.652. The zero-order valence-corrected chi connectivity index (χ0v) is 18.0. The molecule has 4 aliphatic heterocycles. The summed E-state index contributed by atoms with van der Waals surface area (Å²) in [5.41, 5.74) is 0.901. The van der Waals surface area contributed by atoms with Crippen molar-refractivity contribution in [1.82, 2.24) is 15.0 Å². The molecular weight excluding hydrogens is 401 g/mol. The summed E-state index contributed by atoms with van der Waals surface area (Å²) in [4.78, 5) is 12.1. The Morgan fingerprint density at radius 1 is 1.06 bits per heavy atom. The van der Waals surface area contributed by atoms with E-state index in [1.807, 2.05) is 13.1 Å². The third kappa shape index (κ3) is 2.85. The number of hydrogen-bond donors (Lipinski definition) is 0. The number of fused-ring (bicyclic) bond motifs is 2. The molecule has 1 aromatic heterocycles. The van der Waals surface area contributed by atoms with E-state index in [-0.39, 0.29) is 23.9 Å². The molecule has 2 bridgehead atoms. The van der Waals surface area contributed by atoms with Crippen molar-refractivity contribution in [3.05, 3.63) is 36.3 Å². The molecule has 5 heterocycles. The second-order valence-corrected chi connectivity index (χ2v) is 9.89. The summed E-state index contributed by atoms with van der Waals surface area (Å²) in [6.45, 7) is 6.42. The predicted molar refractivity (Wildman–Crippen MR) is 107 cm³/mol. The van der Waals surface area contributed by atoms with Gasteiger partial charge in [-0.15, -0.1) is 5.10 Å². The third-order valence-corrected chi connectivity index (χ3v) is 8.03. The van der Waals surface area contributed by atoms with Crippen LogP contribution >= 0.6 is 0 Å². The van der Waals surface area contributed by atoms with Crippen molar-refractivity contribution in [2.45, 2.75) is 70.4 Å². The molecule has 4 saturated heterocycles. The van der Waals surface area contributed by atoms with Crippen molar-refractivity contribution < 1.29 is 23.6 Å². The smallest absolute Gasteiger partial charge is 0.201 e. The molecular formula is C23H28FN3O4. The highest BCUT2D eigenvalue weighted by Gasteiger charge is 2.69. The van der Waals surface area contributed by atoms with Gasteiger partial charge in [-0.3, -0.25) is 0 Å². The van der Waals surface area contributed by atoms with Crippen molar-refractivity contribution in [3.8, 4) is 11.3 Å². The summed E-state index contributed by atoms with van der Waals surface area (Å²) in [5, 5.41) is 8.68. The van der Waals surface area contributed by atoms with Crippen LogP contribution in [0, 0.1) is 29.5 Å². The van der Waals surface area contributed by atoms with Gasteiger partial charge in [0.2, 0.25) is 5.79 Å². The van der Waals surface area contributed by atoms with Crippen LogP contribution in [0.4, 0.5) is 4.39 Å². The van der Waals surface area contributed by atoms with Crippen molar-refractivity contribution in [2.24, 2.45) is 23.7 Å². The van der Waals surface area contributed by atoms with Gasteiger partial charge < -0.3 is 9.47 Å². The van der Waals surface area contributed by atoms with Crippen molar-refractivity contribution in [1.29, 1.82) is 0 Å². The molecule has 0 unspecified atom stereocenters. The molecule has 0 radical (unpaired) electrons. The molecule has 1 aliphatic carbocycles. The maximum Gasteiger partial charge on any atom is 0.201 e. The van der Waals surface area contributed by atoms with Crippen LogP contribution in [0.1, 0.15) is 52.7 Å². The highest BCUT2D eigenvalue weighted by atomic mass is 19.1. The first-order valence-corrected chi connectivity index (χ1v) is 11.3. The van der Waals surface area contributed by atoms with Gasteiger partial charge in [0.05, 0.1) is 6.20 Å². The number of halogens is 1. The van der Waals surface area contributed by atoms with Crippen molar-refractivity contribution >= 4 is 0 Å². The average molecular weight is 429 g/mol. The van der Waals surface area contributed by atoms with Gasteiger partial charge in [-0.05, 0) is 62.3 Å². The van der Waals surface area contributed by atoms with E-state index in [4.69, 9.17) is 19.2 Å². The molecule has 5 aliphatic rings. The van der Waals surface area contributed by atoms with Crippen LogP contribution in [-0.2, 0) is 19.2 Å². The lowest BCUT2D eigenvalue weighted by Crippen LogP contribution is -2.69. The Balaban J connectivity index is 1.36. The van der Waals surface area contributed by atoms with Crippen molar-refractivity contribution in [3.63, 3.8) is 0 Å². The van der Waals surface area contributed by atoms with Crippen LogP contribution in [-0.4, -0.2) is 32.7 Å². The molecule has 8 heteroatoms. The molecule has 166 valence electrons. The predicted octanol–water partition coefficient (Wildman–Crippen LogP) is 4.46. The molecule has 5 fully saturated rings. The second-order valence-electron chi connectivity index (χ2n) is 9.89. The van der Waals surface area contributed by atoms with E-state index in [9.17, 15) is 4.39 Å². The van der Waals surface area contributed by atoms with Gasteiger partial charge in [-0.1, -0.05) is 19.1 Å². The van der Waals surface area contributed by atoms with E-state index in [0.717, 1.165) is 31.2 Å². The van der Waals surface area contributed by atoms with Gasteiger partial charge in [-0.25, -0.2) is 18.8 Å². The summed E-state index contributed by atoms with van der Waals surface area (Å²) < 4.78 is 28.1. The number of rotatable bonds is 2. The van der Waals surface area contributed by atoms with E-state index in [1.165, 1.54) is 12.1 Å². The summed E-state index contributed by atoms with van der Waals surface area (Å²) >= 11 is 0. The minimum absolute atomic E-state index is 0.128. The van der Waals surface area contributed by atoms with Crippen LogP contribution in [0.15, 0.2) is 30.5 Å². The van der Waals surface area contributed by atoms with Crippen LogP contribution in [0.25, 0.3) is 11.3 Å². The van der Waals surface area contributed by atoms with Crippen LogP contribution in [0.3, 0.4) is 0 Å². The van der Waals surface area contributed by atoms with E-state index in [2.05, 4.69) is 24.2 Å². The molecule has 7 rings (SSSR count). The van der Waals surface area contributed by atoms with Crippen molar-refractivity contribution in [2.75, 3.05) is 0 Å². The zero-order chi connectivity index (χ0) is 21.4. The second kappa shape index (κ2) is 6.81. The topological polar surface area (TPSA) is 67.6 Å². The van der Waals surface area contributed by atoms with Gasteiger partial charge in [-0.2, -0.15) is 0 Å². The van der Waals surface area contributed by atoms with Crippen LogP contribution < -0.4 is 0 Å². The molecule has 0 N–H and O–H groups in total. The van der Waals surface area contributed by atoms with Gasteiger partial charge in [0.1, 0.15) is 11.5 Å². The van der Waals surface area contributed by atoms with E-state index in [1.54, 1.807) is 16.8 Å². The van der Waals surface area contributed by atoms with E-state index < -0.39 is 17.7 Å². The minimum atomic E-state index is -0.801. The van der Waals surface area contributed by atoms with Crippen LogP contribution in [0.5, 0.6) is 0 Å². The van der Waals surface area contributed by atoms with Crippen LogP contribution in [0.2, 0.25) is 0 Å². The molecule has 2 aromatic rings. The van der Waals surface area contributed by atoms with E-state index in [0.29, 0.717) is 17.5 Å². The fourth-order valence-corrected chi connectivity index (χ4v) is 6.34. The molecule has 8 atom stereocenters. The lowest BCUT2D eigenvalue weighted by Gasteiger charge is -2.60. The Bertz CT molecular complexity index is 983. The Hall–Kier alpha value is -1.87. The van der Waals surface area contributed by atoms with Gasteiger partial charge >= 0.3 is 0 Å². The zero-order valence-electron chi connectivity index (χ0n) is 18.0. The monoisotopic (exact) mass is 429 g/mol. The molecule has 31 heavy (non-hydrogen) atoms. The first-order chi connectivity index (χ1) is 14.9. The first kappa shape index (κ1) is 19.8. The maximum absolute atomic E-state index is 13.3. The lowest BCUT2D eigenvalue weighted by molar-refractivity contribution is -0.574. The first-order valence-electron chi connectivity index (χ1n) is 11.3. The van der Waals surface area contributed by atoms with Gasteiger partial charge in [0, 0.05) is 23.8 Å². The Morgan fingerprint density at radius 2 is 1.87 bits per heavy atom. The molecule has 0 amide bonds. The molecule has 1 saturated carbocycles. The Labute approximate surface area is 180 Å². The molecule has 7 nitrogen and oxygen atoms in total. The molecule has 1 aromatic carbocycles. The fourth-order valence-electron chi connectivity index (χ4n) is 6.34. The summed E-state index contributed by atoms with van der Waals surface area (Å²) in [5.74, 6) is 0.125. The number of hydrogen-bond acceptors (Lipinski definition) is 6. The standard InChI is InChI=1S/C23H28FN3O4/c1-13-4-9-18-14(2)20(27-12-19(25-26-27)15-5-7-16(24)8-6-15)28-21-23(18)17(13)10-11-22(3,29-21)30-31-23/h5-8,12-14,17-18,20-21H,4,9-11H2,1-3H3/t13-,14+,17+,18+,20+,21-,22-,23-/m1/s1. The lowest BCUT2D eigenvalue weighted by atomic mass is 9.58. The van der Waals surface area contributed by atoms with Gasteiger partial charge in [0.25, 0.3) is 0 Å². The largest absolute Gasteiger partial charge is 0.324 e. The number of aromatic nitrogens is 3. The highest BCUT2D eigenvalue weighted by molar-refractivity contribution is 5.57. The van der Waals surface area contributed by atoms with E-state index >= 15 is 0 Å². The average Bonchev–Trinajstić information content (AvgIpc) is 3.13. The normalized spacial score (nSPS) is 44.0. The maximum atomic E-state index is 13.3. The number of ether oxygens (including phenoxy) is 2. The summed E-state index contributed by atoms with van der Waals surface area (Å²) in [7, 11) is 0. The quantitative estimate of drug-likeness (QED) is 0.657. The Morgan fingerprint density at radius 3 is 2.68 bits per heavy atom. The van der Waals surface area contributed by atoms with Gasteiger partial charge in [0.15, 0.2) is 18.1 Å². The minimum Gasteiger partial charge on any atom is -0.324 e. The molecule has 1 spiro atoms. The highest BCUT2D eigenvalue weighted by Crippen LogP contribution is 2.61. The SMILES string of the molecule is C[C@@H]1[C@@H](n2cc(-c3ccc(F)cc3)nn2)O[C@@H]2O[C@@]3(C)CC[C@H]4[C@H](C)CC[C@@H]1[C@@]24OO3. The number of nitrogens with zero attached hydrogens (tertiary/aromatic N) is 3. The third-order valence-electron chi connectivity index (χ3n) is 8.03. The summed E-state index contributed by atoms with van der Waals surface area (Å²) in [6, 6.07) is 6.26. The summed E-state index contributed by atoms with van der Waals surface area (Å²) in [6.07, 6.45) is 4.98. The number of benzene rings is 1. The Kier molecular flexibility index (Phi) is 4.35.